The predicted octanol–water partition coefficient (Wildman–Crippen LogP) is 3.24. The summed E-state index contributed by atoms with van der Waals surface area (Å²) >= 11 is 7.73. The Morgan fingerprint density at radius 1 is 1.33 bits per heavy atom. The maximum Gasteiger partial charge on any atom is 0.280 e. The van der Waals surface area contributed by atoms with Crippen LogP contribution in [0.4, 0.5) is 5.95 Å². The molecule has 0 fully saturated rings. The van der Waals surface area contributed by atoms with Crippen LogP contribution >= 0.6 is 31.7 Å². The number of hydrogen-bond donors (Lipinski definition) is 2. The average molecular weight is 472 g/mol. The third-order valence-electron chi connectivity index (χ3n) is 3.95. The van der Waals surface area contributed by atoms with Gasteiger partial charge >= 0.3 is 0 Å². The highest BCUT2D eigenvalue weighted by Crippen LogP contribution is 2.39. The number of aromatic nitrogens is 4. The molecule has 1 atom stereocenters. The highest BCUT2D eigenvalue weighted by Gasteiger charge is 2.13. The number of hydrogen-bond acceptors (Lipinski definition) is 8. The van der Waals surface area contributed by atoms with Crippen LogP contribution in [0, 0.1) is 0 Å². The fraction of sp³-hybridized carbons (Fsp3) is 0.389. The summed E-state index contributed by atoms with van der Waals surface area (Å²) in [5.74, 6) is 0.928. The first-order chi connectivity index (χ1) is 14.6. The number of imidazole rings is 1. The van der Waals surface area contributed by atoms with E-state index in [2.05, 4.69) is 15.0 Å². The number of fused-ring (bicyclic) bond motifs is 1. The molecule has 12 heteroatoms. The molecule has 0 aliphatic carbocycles. The van der Waals surface area contributed by atoms with Gasteiger partial charge in [-0.2, -0.15) is 16.7 Å². The number of benzene rings is 1. The van der Waals surface area contributed by atoms with Gasteiger partial charge in [-0.15, -0.1) is 0 Å². The first kappa shape index (κ1) is 23.0. The minimum atomic E-state index is -1.21. The van der Waals surface area contributed by atoms with E-state index in [4.69, 9.17) is 31.1 Å². The summed E-state index contributed by atoms with van der Waals surface area (Å²) in [6.07, 6.45) is 3.90. The van der Waals surface area contributed by atoms with E-state index >= 15 is 0 Å². The SMILES string of the molecule is CSCCOP(COCCn1cnc2c(=O)[nH]c(N)nc21)OCc1cccc(Cl)c1. The Labute approximate surface area is 184 Å². The lowest BCUT2D eigenvalue weighted by Crippen LogP contribution is -2.13. The van der Waals surface area contributed by atoms with Crippen molar-refractivity contribution >= 4 is 48.9 Å². The summed E-state index contributed by atoms with van der Waals surface area (Å²) in [5.41, 5.74) is 6.90. The van der Waals surface area contributed by atoms with Crippen molar-refractivity contribution in [1.82, 2.24) is 19.5 Å². The Kier molecular flexibility index (Phi) is 8.92. The van der Waals surface area contributed by atoms with Crippen LogP contribution in [-0.2, 0) is 26.9 Å². The number of halogens is 1. The molecule has 0 spiro atoms. The van der Waals surface area contributed by atoms with Gasteiger partial charge in [0, 0.05) is 17.3 Å². The minimum Gasteiger partial charge on any atom is -0.370 e. The summed E-state index contributed by atoms with van der Waals surface area (Å²) in [6.45, 7) is 1.83. The summed E-state index contributed by atoms with van der Waals surface area (Å²) in [6, 6.07) is 7.52. The van der Waals surface area contributed by atoms with Crippen molar-refractivity contribution in [3.8, 4) is 0 Å². The summed E-state index contributed by atoms with van der Waals surface area (Å²) in [7, 11) is -1.21. The number of H-pyrrole nitrogens is 1. The van der Waals surface area contributed by atoms with Crippen molar-refractivity contribution in [2.45, 2.75) is 13.2 Å². The van der Waals surface area contributed by atoms with Crippen molar-refractivity contribution in [3.05, 3.63) is 51.5 Å². The van der Waals surface area contributed by atoms with Crippen LogP contribution < -0.4 is 11.3 Å². The average Bonchev–Trinajstić information content (AvgIpc) is 3.12. The van der Waals surface area contributed by atoms with Gasteiger partial charge in [-0.05, 0) is 24.0 Å². The normalized spacial score (nSPS) is 12.5. The number of anilines is 1. The van der Waals surface area contributed by atoms with Crippen LogP contribution in [0.1, 0.15) is 5.56 Å². The number of thioether (sulfide) groups is 1. The molecule has 0 saturated heterocycles. The molecule has 3 N–H and O–H groups in total. The van der Waals surface area contributed by atoms with Crippen LogP contribution in [0.15, 0.2) is 35.4 Å². The second kappa shape index (κ2) is 11.6. The number of nitrogens with two attached hydrogens (primary N) is 1. The van der Waals surface area contributed by atoms with Gasteiger partial charge in [-0.25, -0.2) is 4.98 Å². The molecule has 0 amide bonds. The van der Waals surface area contributed by atoms with Crippen molar-refractivity contribution in [2.24, 2.45) is 0 Å². The number of nitrogens with zero attached hydrogens (tertiary/aromatic N) is 3. The topological polar surface area (TPSA) is 117 Å². The van der Waals surface area contributed by atoms with Gasteiger partial charge in [0.1, 0.15) is 6.35 Å². The van der Waals surface area contributed by atoms with Crippen molar-refractivity contribution in [3.63, 3.8) is 0 Å². The smallest absolute Gasteiger partial charge is 0.280 e. The Hall–Kier alpha value is -1.68. The van der Waals surface area contributed by atoms with Crippen LogP contribution in [0.3, 0.4) is 0 Å². The number of ether oxygens (including phenoxy) is 1. The van der Waals surface area contributed by atoms with E-state index in [0.29, 0.717) is 43.4 Å². The van der Waals surface area contributed by atoms with Crippen LogP contribution in [0.25, 0.3) is 11.2 Å². The van der Waals surface area contributed by atoms with E-state index in [1.165, 1.54) is 0 Å². The zero-order valence-corrected chi connectivity index (χ0v) is 18.9. The molecule has 2 heterocycles. The fourth-order valence-corrected chi connectivity index (χ4v) is 4.22. The molecule has 9 nitrogen and oxygen atoms in total. The van der Waals surface area contributed by atoms with Crippen LogP contribution in [0.5, 0.6) is 0 Å². The lowest BCUT2D eigenvalue weighted by molar-refractivity contribution is 0.142. The quantitative estimate of drug-likeness (QED) is 0.305. The molecular formula is C18H23ClN5O4PS. The number of nitrogens with one attached hydrogen (secondary N) is 1. The lowest BCUT2D eigenvalue weighted by atomic mass is 10.2. The first-order valence-corrected chi connectivity index (χ1v) is 12.3. The van der Waals surface area contributed by atoms with Gasteiger partial charge in [-0.1, -0.05) is 23.7 Å². The Morgan fingerprint density at radius 3 is 3.00 bits per heavy atom. The summed E-state index contributed by atoms with van der Waals surface area (Å²) in [5, 5.41) is 0.667. The number of nitrogen functional groups attached to an aromatic ring is 1. The Balaban J connectivity index is 1.51. The van der Waals surface area contributed by atoms with E-state index in [9.17, 15) is 4.79 Å². The highest BCUT2D eigenvalue weighted by atomic mass is 35.5. The van der Waals surface area contributed by atoms with E-state index in [1.807, 2.05) is 30.5 Å². The van der Waals surface area contributed by atoms with Gasteiger partial charge in [0.2, 0.25) is 5.95 Å². The molecule has 3 aromatic rings. The maximum atomic E-state index is 11.8. The Morgan fingerprint density at radius 2 is 2.20 bits per heavy atom. The first-order valence-electron chi connectivity index (χ1n) is 9.12. The van der Waals surface area contributed by atoms with Gasteiger partial charge in [0.05, 0.1) is 26.1 Å². The van der Waals surface area contributed by atoms with E-state index in [-0.39, 0.29) is 17.0 Å². The summed E-state index contributed by atoms with van der Waals surface area (Å²) in [4.78, 5) is 22.5. The van der Waals surface area contributed by atoms with Gasteiger partial charge in [0.25, 0.3) is 5.56 Å². The third kappa shape index (κ3) is 6.66. The second-order valence-electron chi connectivity index (χ2n) is 6.16. The van der Waals surface area contributed by atoms with E-state index < -0.39 is 8.38 Å². The molecule has 0 aliphatic heterocycles. The van der Waals surface area contributed by atoms with E-state index in [0.717, 1.165) is 11.3 Å². The number of aromatic amines is 1. The van der Waals surface area contributed by atoms with Crippen molar-refractivity contribution < 1.29 is 13.8 Å². The standard InChI is InChI=1S/C18H23ClN5O4PS/c1-30-8-7-27-29(28-10-13-3-2-4-14(19)9-13)12-26-6-5-24-11-21-15-16(24)22-18(20)23-17(15)25/h2-4,9,11H,5-8,10,12H2,1H3,(H3,20,22,23,25). The summed E-state index contributed by atoms with van der Waals surface area (Å²) < 4.78 is 19.3. The molecule has 30 heavy (non-hydrogen) atoms. The molecule has 0 saturated carbocycles. The van der Waals surface area contributed by atoms with E-state index in [1.54, 1.807) is 22.7 Å². The molecule has 0 bridgehead atoms. The zero-order chi connectivity index (χ0) is 21.3. The maximum absolute atomic E-state index is 11.8. The van der Waals surface area contributed by atoms with Crippen molar-refractivity contribution in [1.29, 1.82) is 0 Å². The van der Waals surface area contributed by atoms with Gasteiger partial charge in [0.15, 0.2) is 19.5 Å². The zero-order valence-electron chi connectivity index (χ0n) is 16.4. The van der Waals surface area contributed by atoms with Gasteiger partial charge < -0.3 is 24.1 Å². The molecule has 162 valence electrons. The molecule has 2 aromatic heterocycles. The molecule has 3 rings (SSSR count). The largest absolute Gasteiger partial charge is 0.370 e. The van der Waals surface area contributed by atoms with Gasteiger partial charge in [-0.3, -0.25) is 9.78 Å². The molecule has 0 radical (unpaired) electrons. The van der Waals surface area contributed by atoms with Crippen LogP contribution in [-0.4, -0.2) is 51.1 Å². The molecule has 0 aliphatic rings. The third-order valence-corrected chi connectivity index (χ3v) is 6.04. The second-order valence-corrected chi connectivity index (χ2v) is 9.02. The Bertz CT molecular complexity index is 1020. The highest BCUT2D eigenvalue weighted by molar-refractivity contribution is 7.98. The predicted molar refractivity (Wildman–Crippen MR) is 121 cm³/mol. The number of rotatable bonds is 12. The monoisotopic (exact) mass is 471 g/mol. The molecule has 1 aromatic carbocycles. The van der Waals surface area contributed by atoms with Crippen LogP contribution in [0.2, 0.25) is 5.02 Å². The van der Waals surface area contributed by atoms with Crippen molar-refractivity contribution in [2.75, 3.05) is 37.3 Å². The molecule has 1 unspecified atom stereocenters. The minimum absolute atomic E-state index is 0.0512. The fourth-order valence-electron chi connectivity index (χ4n) is 2.54. The lowest BCUT2D eigenvalue weighted by Gasteiger charge is -2.18. The molecular weight excluding hydrogens is 449 g/mol.